The first-order chi connectivity index (χ1) is 11.1. The van der Waals surface area contributed by atoms with Crippen molar-refractivity contribution in [3.63, 3.8) is 0 Å². The second-order valence-electron chi connectivity index (χ2n) is 7.61. The number of cyclic esters (lactones) is 1. The second kappa shape index (κ2) is 7.08. The van der Waals surface area contributed by atoms with E-state index in [9.17, 15) is 15.0 Å². The summed E-state index contributed by atoms with van der Waals surface area (Å²) < 4.78 is 5.35. The summed E-state index contributed by atoms with van der Waals surface area (Å²) in [5, 5.41) is 20.2. The molecule has 0 spiro atoms. The molecule has 2 aliphatic rings. The third-order valence-corrected chi connectivity index (χ3v) is 4.64. The smallest absolute Gasteiger partial charge is 0.334 e. The molecule has 1 heterocycles. The molecule has 0 unspecified atom stereocenters. The molecule has 0 aromatic rings. The van der Waals surface area contributed by atoms with E-state index in [-0.39, 0.29) is 17.8 Å². The van der Waals surface area contributed by atoms with Gasteiger partial charge < -0.3 is 14.9 Å². The predicted octanol–water partition coefficient (Wildman–Crippen LogP) is 3.08. The fourth-order valence-corrected chi connectivity index (χ4v) is 3.22. The molecule has 0 aromatic heterocycles. The molecule has 24 heavy (non-hydrogen) atoms. The van der Waals surface area contributed by atoms with Gasteiger partial charge >= 0.3 is 5.97 Å². The van der Waals surface area contributed by atoms with Crippen molar-refractivity contribution >= 4 is 5.97 Å². The molecule has 2 N–H and O–H groups in total. The topological polar surface area (TPSA) is 66.8 Å². The maximum Gasteiger partial charge on any atom is 0.334 e. The molecule has 4 nitrogen and oxygen atoms in total. The highest BCUT2D eigenvalue weighted by Crippen LogP contribution is 2.39. The van der Waals surface area contributed by atoms with Crippen molar-refractivity contribution in [2.24, 2.45) is 11.8 Å². The number of esters is 1. The van der Waals surface area contributed by atoms with Crippen molar-refractivity contribution in [2.75, 3.05) is 6.61 Å². The molecule has 0 radical (unpaired) electrons. The van der Waals surface area contributed by atoms with Gasteiger partial charge in [-0.15, -0.1) is 0 Å². The van der Waals surface area contributed by atoms with Crippen molar-refractivity contribution in [1.82, 2.24) is 0 Å². The fraction of sp³-hybridized carbons (Fsp3) is 0.550. The molecular formula is C20H28O4. The van der Waals surface area contributed by atoms with E-state index in [1.165, 1.54) is 0 Å². The Morgan fingerprint density at radius 3 is 2.79 bits per heavy atom. The van der Waals surface area contributed by atoms with E-state index in [4.69, 9.17) is 4.74 Å². The molecule has 3 atom stereocenters. The minimum Gasteiger partial charge on any atom is -0.462 e. The molecule has 1 fully saturated rings. The van der Waals surface area contributed by atoms with Gasteiger partial charge in [0, 0.05) is 17.4 Å². The highest BCUT2D eigenvalue weighted by Gasteiger charge is 2.37. The summed E-state index contributed by atoms with van der Waals surface area (Å²) in [5.74, 6) is -0.295. The van der Waals surface area contributed by atoms with Gasteiger partial charge in [-0.3, -0.25) is 0 Å². The van der Waals surface area contributed by atoms with Crippen LogP contribution < -0.4 is 0 Å². The molecule has 1 saturated heterocycles. The van der Waals surface area contributed by atoms with Gasteiger partial charge in [0.05, 0.1) is 17.8 Å². The standard InChI is InChI=1S/C20H28O4/c1-14-7-5-11-20(4,23)12-9-15-16(8-6-10-19(2,3)22)18(21)24-13-17(14)15/h5-6,8,10-11,15,17,22-23H,1,7,9,12-13H2,2-4H3/b10-6+,11-5-,16-8+/t15-,17+,20-/m1/s1. The Hall–Kier alpha value is -1.65. The Labute approximate surface area is 144 Å². The average molecular weight is 332 g/mol. The number of hydrogen-bond acceptors (Lipinski definition) is 4. The van der Waals surface area contributed by atoms with Crippen LogP contribution in [0.4, 0.5) is 0 Å². The lowest BCUT2D eigenvalue weighted by Gasteiger charge is -2.34. The first-order valence-electron chi connectivity index (χ1n) is 8.46. The lowest BCUT2D eigenvalue weighted by Crippen LogP contribution is -2.35. The molecule has 0 amide bonds. The van der Waals surface area contributed by atoms with Crippen LogP contribution >= 0.6 is 0 Å². The predicted molar refractivity (Wildman–Crippen MR) is 94.2 cm³/mol. The van der Waals surface area contributed by atoms with Crippen molar-refractivity contribution in [3.05, 3.63) is 48.1 Å². The first kappa shape index (κ1) is 18.7. The zero-order chi connectivity index (χ0) is 18.0. The minimum atomic E-state index is -0.940. The molecule has 132 valence electrons. The van der Waals surface area contributed by atoms with E-state index in [0.717, 1.165) is 5.57 Å². The van der Waals surface area contributed by atoms with Gasteiger partial charge in [-0.2, -0.15) is 0 Å². The van der Waals surface area contributed by atoms with Gasteiger partial charge in [0.2, 0.25) is 0 Å². The molecule has 1 aliphatic heterocycles. The Kier molecular flexibility index (Phi) is 5.51. The summed E-state index contributed by atoms with van der Waals surface area (Å²) in [7, 11) is 0. The van der Waals surface area contributed by atoms with Crippen molar-refractivity contribution < 1.29 is 19.7 Å². The van der Waals surface area contributed by atoms with E-state index in [0.29, 0.717) is 31.4 Å². The van der Waals surface area contributed by atoms with Gasteiger partial charge in [-0.25, -0.2) is 4.79 Å². The van der Waals surface area contributed by atoms with E-state index in [1.54, 1.807) is 39.0 Å². The molecule has 2 rings (SSSR count). The van der Waals surface area contributed by atoms with Gasteiger partial charge in [0.1, 0.15) is 0 Å². The van der Waals surface area contributed by atoms with Crippen LogP contribution in [0.1, 0.15) is 40.0 Å². The van der Waals surface area contributed by atoms with Crippen molar-refractivity contribution in [3.8, 4) is 0 Å². The van der Waals surface area contributed by atoms with E-state index >= 15 is 0 Å². The quantitative estimate of drug-likeness (QED) is 0.463. The molecule has 0 aromatic carbocycles. The molecule has 0 bridgehead atoms. The number of ether oxygens (including phenoxy) is 1. The molecule has 1 aliphatic carbocycles. The summed E-state index contributed by atoms with van der Waals surface area (Å²) in [6.07, 6.45) is 10.7. The molecular weight excluding hydrogens is 304 g/mol. The van der Waals surface area contributed by atoms with Crippen molar-refractivity contribution in [2.45, 2.75) is 51.2 Å². The maximum absolute atomic E-state index is 12.3. The van der Waals surface area contributed by atoms with Crippen LogP contribution in [0.15, 0.2) is 48.1 Å². The van der Waals surface area contributed by atoms with Crippen LogP contribution in [0.2, 0.25) is 0 Å². The number of carbonyl (C=O) groups is 1. The first-order valence-corrected chi connectivity index (χ1v) is 8.46. The molecule has 4 heteroatoms. The minimum absolute atomic E-state index is 0.0309. The highest BCUT2D eigenvalue weighted by molar-refractivity contribution is 5.90. The van der Waals surface area contributed by atoms with Gasteiger partial charge in [0.15, 0.2) is 0 Å². The van der Waals surface area contributed by atoms with Crippen LogP contribution in [0, 0.1) is 11.8 Å². The number of fused-ring (bicyclic) bond motifs is 1. The van der Waals surface area contributed by atoms with Crippen molar-refractivity contribution in [1.29, 1.82) is 0 Å². The number of aliphatic hydroxyl groups is 2. The van der Waals surface area contributed by atoms with Crippen LogP contribution in [0.5, 0.6) is 0 Å². The number of rotatable bonds is 2. The van der Waals surface area contributed by atoms with Gasteiger partial charge in [0.25, 0.3) is 0 Å². The van der Waals surface area contributed by atoms with Crippen LogP contribution in [-0.4, -0.2) is 34.0 Å². The van der Waals surface area contributed by atoms with Crippen LogP contribution in [0.3, 0.4) is 0 Å². The number of carbonyl (C=O) groups excluding carboxylic acids is 1. The number of hydrogen-bond donors (Lipinski definition) is 2. The lowest BCUT2D eigenvalue weighted by molar-refractivity contribution is -0.145. The highest BCUT2D eigenvalue weighted by atomic mass is 16.5. The largest absolute Gasteiger partial charge is 0.462 e. The lowest BCUT2D eigenvalue weighted by atomic mass is 9.76. The third kappa shape index (κ3) is 4.92. The Bertz CT molecular complexity index is 587. The van der Waals surface area contributed by atoms with Gasteiger partial charge in [-0.1, -0.05) is 42.5 Å². The monoisotopic (exact) mass is 332 g/mol. The normalized spacial score (nSPS) is 35.1. The second-order valence-corrected chi connectivity index (χ2v) is 7.61. The van der Waals surface area contributed by atoms with E-state index < -0.39 is 11.2 Å². The summed E-state index contributed by atoms with van der Waals surface area (Å²) >= 11 is 0. The summed E-state index contributed by atoms with van der Waals surface area (Å²) in [6, 6.07) is 0. The summed E-state index contributed by atoms with van der Waals surface area (Å²) in [4.78, 5) is 12.3. The molecule has 0 saturated carbocycles. The zero-order valence-corrected chi connectivity index (χ0v) is 14.8. The van der Waals surface area contributed by atoms with Crippen LogP contribution in [0.25, 0.3) is 0 Å². The average Bonchev–Trinajstić information content (AvgIpc) is 2.50. The third-order valence-electron chi connectivity index (χ3n) is 4.64. The Balaban J connectivity index is 2.32. The summed E-state index contributed by atoms with van der Waals surface area (Å²) in [5.41, 5.74) is -0.223. The summed E-state index contributed by atoms with van der Waals surface area (Å²) in [6.45, 7) is 9.63. The SMILES string of the molecule is C=C1C/C=C\[C@@](C)(O)CC[C@@H]2/C(=C\C=C\C(C)(C)O)C(=O)OC[C@@H]12. The zero-order valence-electron chi connectivity index (χ0n) is 14.8. The maximum atomic E-state index is 12.3. The van der Waals surface area contributed by atoms with E-state index in [2.05, 4.69) is 6.58 Å². The van der Waals surface area contributed by atoms with Gasteiger partial charge in [-0.05, 0) is 40.0 Å². The van der Waals surface area contributed by atoms with E-state index in [1.807, 2.05) is 12.2 Å². The fourth-order valence-electron chi connectivity index (χ4n) is 3.22. The number of allylic oxidation sites excluding steroid dienone is 3. The Morgan fingerprint density at radius 2 is 2.12 bits per heavy atom. The Morgan fingerprint density at radius 1 is 1.42 bits per heavy atom. The van der Waals surface area contributed by atoms with Crippen LogP contribution in [-0.2, 0) is 9.53 Å².